The molecule has 1 aromatic heterocycles. The third-order valence-electron chi connectivity index (χ3n) is 2.10. The molecule has 0 spiro atoms. The van der Waals surface area contributed by atoms with Crippen LogP contribution in [0.25, 0.3) is 0 Å². The minimum Gasteiger partial charge on any atom is -0.355 e. The molecule has 0 bridgehead atoms. The Morgan fingerprint density at radius 3 is 2.77 bits per heavy atom. The predicted molar refractivity (Wildman–Crippen MR) is 50.8 cm³/mol. The van der Waals surface area contributed by atoms with Crippen molar-refractivity contribution < 1.29 is 0 Å². The first kappa shape index (κ1) is 8.33. The van der Waals surface area contributed by atoms with E-state index in [2.05, 4.69) is 9.88 Å². The first-order valence-electron chi connectivity index (χ1n) is 4.13. The fourth-order valence-electron chi connectivity index (χ4n) is 1.24. The van der Waals surface area contributed by atoms with Crippen LogP contribution in [0.2, 0.25) is 5.02 Å². The Kier molecular flexibility index (Phi) is 2.07. The molecule has 13 heavy (non-hydrogen) atoms. The topological polar surface area (TPSA) is 39.9 Å². The molecule has 0 atom stereocenters. The van der Waals surface area contributed by atoms with Crippen molar-refractivity contribution in [2.45, 2.75) is 6.42 Å². The van der Waals surface area contributed by atoms with E-state index in [0.717, 1.165) is 18.9 Å². The zero-order valence-electron chi connectivity index (χ0n) is 7.00. The molecule has 0 N–H and O–H groups in total. The normalized spacial score (nSPS) is 14.9. The molecule has 1 aliphatic rings. The van der Waals surface area contributed by atoms with Crippen LogP contribution in [0.4, 0.5) is 5.82 Å². The molecule has 0 saturated carbocycles. The van der Waals surface area contributed by atoms with Gasteiger partial charge in [0.05, 0.1) is 5.02 Å². The van der Waals surface area contributed by atoms with Crippen LogP contribution in [0.3, 0.4) is 0 Å². The Labute approximate surface area is 81.6 Å². The highest BCUT2D eigenvalue weighted by Crippen LogP contribution is 2.26. The first-order valence-corrected chi connectivity index (χ1v) is 4.50. The molecule has 3 nitrogen and oxygen atoms in total. The number of anilines is 1. The highest BCUT2D eigenvalue weighted by Gasteiger charge is 2.18. The molecule has 0 amide bonds. The molecule has 0 unspecified atom stereocenters. The molecule has 1 saturated heterocycles. The van der Waals surface area contributed by atoms with Crippen LogP contribution in [0.1, 0.15) is 12.1 Å². The van der Waals surface area contributed by atoms with Crippen molar-refractivity contribution in [3.8, 4) is 6.07 Å². The van der Waals surface area contributed by atoms with Gasteiger partial charge >= 0.3 is 0 Å². The zero-order valence-corrected chi connectivity index (χ0v) is 7.75. The van der Waals surface area contributed by atoms with Gasteiger partial charge in [-0.2, -0.15) is 5.26 Å². The Morgan fingerprint density at radius 2 is 2.23 bits per heavy atom. The van der Waals surface area contributed by atoms with Crippen LogP contribution in [-0.4, -0.2) is 18.1 Å². The lowest BCUT2D eigenvalue weighted by Crippen LogP contribution is -2.37. The second kappa shape index (κ2) is 3.23. The summed E-state index contributed by atoms with van der Waals surface area (Å²) in [7, 11) is 0. The molecule has 0 aliphatic carbocycles. The Bertz CT molecular complexity index is 366. The summed E-state index contributed by atoms with van der Waals surface area (Å²) in [6, 6.07) is 5.35. The standard InChI is InChI=1S/C9H8ClN3/c10-8-3-2-7(6-11)12-9(8)13-4-1-5-13/h2-3H,1,4-5H2. The highest BCUT2D eigenvalue weighted by molar-refractivity contribution is 6.33. The van der Waals surface area contributed by atoms with E-state index in [1.54, 1.807) is 12.1 Å². The molecule has 0 radical (unpaired) electrons. The van der Waals surface area contributed by atoms with E-state index in [4.69, 9.17) is 16.9 Å². The molecule has 1 aliphatic heterocycles. The molecule has 1 fully saturated rings. The van der Waals surface area contributed by atoms with E-state index < -0.39 is 0 Å². The van der Waals surface area contributed by atoms with Crippen LogP contribution < -0.4 is 4.90 Å². The van der Waals surface area contributed by atoms with Gasteiger partial charge in [-0.05, 0) is 18.6 Å². The van der Waals surface area contributed by atoms with Gasteiger partial charge in [0.1, 0.15) is 17.6 Å². The van der Waals surface area contributed by atoms with Crippen molar-refractivity contribution in [1.82, 2.24) is 4.98 Å². The van der Waals surface area contributed by atoms with Crippen LogP contribution in [0.15, 0.2) is 12.1 Å². The quantitative estimate of drug-likeness (QED) is 0.683. The van der Waals surface area contributed by atoms with Crippen molar-refractivity contribution in [2.24, 2.45) is 0 Å². The maximum Gasteiger partial charge on any atom is 0.148 e. The molecule has 66 valence electrons. The summed E-state index contributed by atoms with van der Waals surface area (Å²) < 4.78 is 0. The van der Waals surface area contributed by atoms with Crippen LogP contribution in [0, 0.1) is 11.3 Å². The lowest BCUT2D eigenvalue weighted by molar-refractivity contribution is 0.609. The van der Waals surface area contributed by atoms with Crippen molar-refractivity contribution in [3.63, 3.8) is 0 Å². The second-order valence-corrected chi connectivity index (χ2v) is 3.36. The third-order valence-corrected chi connectivity index (χ3v) is 2.39. The summed E-state index contributed by atoms with van der Waals surface area (Å²) in [5.74, 6) is 0.743. The monoisotopic (exact) mass is 193 g/mol. The second-order valence-electron chi connectivity index (χ2n) is 2.95. The lowest BCUT2D eigenvalue weighted by Gasteiger charge is -2.32. The molecular formula is C9H8ClN3. The number of pyridine rings is 1. The molecule has 1 aromatic rings. The van der Waals surface area contributed by atoms with Gasteiger partial charge in [-0.1, -0.05) is 11.6 Å². The van der Waals surface area contributed by atoms with Gasteiger partial charge in [0.15, 0.2) is 0 Å². The summed E-state index contributed by atoms with van der Waals surface area (Å²) in [5.41, 5.74) is 0.423. The van der Waals surface area contributed by atoms with E-state index in [0.29, 0.717) is 10.7 Å². The van der Waals surface area contributed by atoms with E-state index in [9.17, 15) is 0 Å². The molecule has 4 heteroatoms. The highest BCUT2D eigenvalue weighted by atomic mass is 35.5. The smallest absolute Gasteiger partial charge is 0.148 e. The number of nitriles is 1. The summed E-state index contributed by atoms with van der Waals surface area (Å²) in [6.07, 6.45) is 1.18. The first-order chi connectivity index (χ1) is 6.31. The summed E-state index contributed by atoms with van der Waals surface area (Å²) in [4.78, 5) is 6.22. The fraction of sp³-hybridized carbons (Fsp3) is 0.333. The van der Waals surface area contributed by atoms with Gasteiger partial charge in [-0.25, -0.2) is 4.98 Å². The minimum absolute atomic E-state index is 0.423. The third kappa shape index (κ3) is 1.45. The largest absolute Gasteiger partial charge is 0.355 e. The van der Waals surface area contributed by atoms with Crippen LogP contribution in [-0.2, 0) is 0 Å². The Balaban J connectivity index is 2.37. The van der Waals surface area contributed by atoms with Gasteiger partial charge in [0.2, 0.25) is 0 Å². The number of nitrogens with zero attached hydrogens (tertiary/aromatic N) is 3. The average molecular weight is 194 g/mol. The summed E-state index contributed by atoms with van der Waals surface area (Å²) in [5, 5.41) is 9.28. The average Bonchev–Trinajstić information content (AvgIpc) is 2.06. The van der Waals surface area contributed by atoms with Crippen molar-refractivity contribution in [3.05, 3.63) is 22.8 Å². The van der Waals surface area contributed by atoms with Crippen LogP contribution >= 0.6 is 11.6 Å². The lowest BCUT2D eigenvalue weighted by atomic mass is 10.2. The van der Waals surface area contributed by atoms with E-state index in [-0.39, 0.29) is 0 Å². The van der Waals surface area contributed by atoms with E-state index in [1.807, 2.05) is 6.07 Å². The number of halogens is 1. The predicted octanol–water partition coefficient (Wildman–Crippen LogP) is 1.82. The number of rotatable bonds is 1. The van der Waals surface area contributed by atoms with Crippen molar-refractivity contribution in [2.75, 3.05) is 18.0 Å². The van der Waals surface area contributed by atoms with Gasteiger partial charge in [-0.15, -0.1) is 0 Å². The molecular weight excluding hydrogens is 186 g/mol. The molecule has 2 heterocycles. The van der Waals surface area contributed by atoms with Crippen molar-refractivity contribution in [1.29, 1.82) is 5.26 Å². The Morgan fingerprint density at radius 1 is 1.46 bits per heavy atom. The van der Waals surface area contributed by atoms with Gasteiger partial charge in [0, 0.05) is 13.1 Å². The SMILES string of the molecule is N#Cc1ccc(Cl)c(N2CCC2)n1. The minimum atomic E-state index is 0.423. The van der Waals surface area contributed by atoms with E-state index in [1.165, 1.54) is 6.42 Å². The van der Waals surface area contributed by atoms with Gasteiger partial charge < -0.3 is 4.90 Å². The molecule has 0 aromatic carbocycles. The maximum absolute atomic E-state index is 8.65. The zero-order chi connectivity index (χ0) is 9.26. The summed E-state index contributed by atoms with van der Waals surface area (Å²) >= 11 is 5.95. The fourth-order valence-corrected chi connectivity index (χ4v) is 1.47. The number of hydrogen-bond donors (Lipinski definition) is 0. The Hall–Kier alpha value is -1.27. The van der Waals surface area contributed by atoms with Crippen molar-refractivity contribution >= 4 is 17.4 Å². The molecule has 2 rings (SSSR count). The van der Waals surface area contributed by atoms with Gasteiger partial charge in [-0.3, -0.25) is 0 Å². The number of hydrogen-bond acceptors (Lipinski definition) is 3. The van der Waals surface area contributed by atoms with Crippen LogP contribution in [0.5, 0.6) is 0 Å². The van der Waals surface area contributed by atoms with E-state index >= 15 is 0 Å². The van der Waals surface area contributed by atoms with Gasteiger partial charge in [0.25, 0.3) is 0 Å². The number of aromatic nitrogens is 1. The maximum atomic E-state index is 8.65. The summed E-state index contributed by atoms with van der Waals surface area (Å²) in [6.45, 7) is 1.98.